The molecule has 4 rings (SSSR count). The lowest BCUT2D eigenvalue weighted by molar-refractivity contribution is -0.136. The van der Waals surface area contributed by atoms with Crippen LogP contribution in [0.5, 0.6) is 5.75 Å². The monoisotopic (exact) mass is 531 g/mol. The van der Waals surface area contributed by atoms with E-state index in [1.165, 1.54) is 18.2 Å². The Balaban J connectivity index is 1.39. The first-order valence-corrected chi connectivity index (χ1v) is 13.0. The Morgan fingerprint density at radius 3 is 2.38 bits per heavy atom. The zero-order valence-corrected chi connectivity index (χ0v) is 22.0. The number of ether oxygens (including phenoxy) is 1. The second-order valence-electron chi connectivity index (χ2n) is 10.2. The van der Waals surface area contributed by atoms with Crippen LogP contribution in [0.4, 0.5) is 14.9 Å². The van der Waals surface area contributed by atoms with E-state index < -0.39 is 6.03 Å². The van der Waals surface area contributed by atoms with Crippen LogP contribution in [-0.2, 0) is 11.2 Å². The summed E-state index contributed by atoms with van der Waals surface area (Å²) in [6.45, 7) is 6.22. The number of hydrogen-bond acceptors (Lipinski definition) is 5. The predicted molar refractivity (Wildman–Crippen MR) is 142 cm³/mol. The highest BCUT2D eigenvalue weighted by atomic mass is 35.5. The van der Waals surface area contributed by atoms with Gasteiger partial charge < -0.3 is 30.5 Å². The standard InChI is InChI=1S/C27H35ClFN5O3/c1-32-12-14-33(15-13-32)19-27(17-20-2-5-22(29)6-3-20)8-10-34(11-9-27)25(35)18-37-24-7-4-21(28)16-23(24)31-26(30)36/h2-7,16H,8-15,17-19H2,1H3,(H3,30,31,36). The van der Waals surface area contributed by atoms with Crippen molar-refractivity contribution in [3.63, 3.8) is 0 Å². The van der Waals surface area contributed by atoms with Crippen molar-refractivity contribution < 1.29 is 18.7 Å². The lowest BCUT2D eigenvalue weighted by atomic mass is 9.73. The van der Waals surface area contributed by atoms with Gasteiger partial charge in [-0.05, 0) is 67.6 Å². The lowest BCUT2D eigenvalue weighted by Crippen LogP contribution is -2.53. The third kappa shape index (κ3) is 7.56. The number of carbonyl (C=O) groups excluding carboxylic acids is 2. The molecule has 2 aromatic rings. The molecule has 8 nitrogen and oxygen atoms in total. The van der Waals surface area contributed by atoms with Crippen molar-refractivity contribution in [3.8, 4) is 5.75 Å². The first kappa shape index (κ1) is 27.2. The molecule has 2 aliphatic rings. The van der Waals surface area contributed by atoms with Gasteiger partial charge in [0, 0.05) is 50.8 Å². The Labute approximate surface area is 222 Å². The summed E-state index contributed by atoms with van der Waals surface area (Å²) in [5, 5.41) is 2.88. The fourth-order valence-corrected chi connectivity index (χ4v) is 5.40. The van der Waals surface area contributed by atoms with Crippen LogP contribution < -0.4 is 15.8 Å². The minimum Gasteiger partial charge on any atom is -0.482 e. The summed E-state index contributed by atoms with van der Waals surface area (Å²) in [5.74, 6) is -0.0172. The van der Waals surface area contributed by atoms with Crippen molar-refractivity contribution in [2.45, 2.75) is 19.3 Å². The number of piperidine rings is 1. The molecule has 0 unspecified atom stereocenters. The average Bonchev–Trinajstić information content (AvgIpc) is 2.86. The van der Waals surface area contributed by atoms with Gasteiger partial charge in [-0.2, -0.15) is 0 Å². The minimum absolute atomic E-state index is 0.0140. The molecule has 2 heterocycles. The SMILES string of the molecule is CN1CCN(CC2(Cc3ccc(F)cc3)CCN(C(=O)COc3ccc(Cl)cc3NC(N)=O)CC2)CC1. The fraction of sp³-hybridized carbons (Fsp3) is 0.481. The third-order valence-electron chi connectivity index (χ3n) is 7.37. The number of nitrogens with zero attached hydrogens (tertiary/aromatic N) is 3. The van der Waals surface area contributed by atoms with Gasteiger partial charge in [0.2, 0.25) is 0 Å². The summed E-state index contributed by atoms with van der Waals surface area (Å²) in [5.41, 5.74) is 6.68. The summed E-state index contributed by atoms with van der Waals surface area (Å²) < 4.78 is 19.2. The molecule has 0 saturated carbocycles. The van der Waals surface area contributed by atoms with Crippen LogP contribution in [0.15, 0.2) is 42.5 Å². The molecule has 0 atom stereocenters. The number of amides is 3. The molecule has 2 saturated heterocycles. The molecule has 37 heavy (non-hydrogen) atoms. The van der Waals surface area contributed by atoms with Crippen molar-refractivity contribution in [2.24, 2.45) is 11.1 Å². The average molecular weight is 532 g/mol. The fourth-order valence-electron chi connectivity index (χ4n) is 5.23. The van der Waals surface area contributed by atoms with Crippen LogP contribution in [0.3, 0.4) is 0 Å². The number of halogens is 2. The van der Waals surface area contributed by atoms with Gasteiger partial charge in [0.15, 0.2) is 6.61 Å². The van der Waals surface area contributed by atoms with E-state index in [1.807, 2.05) is 17.0 Å². The number of rotatable bonds is 8. The second-order valence-corrected chi connectivity index (χ2v) is 10.6. The topological polar surface area (TPSA) is 91.1 Å². The van der Waals surface area contributed by atoms with Gasteiger partial charge in [-0.25, -0.2) is 9.18 Å². The molecule has 3 amide bonds. The number of benzene rings is 2. The maximum atomic E-state index is 13.5. The Hall–Kier alpha value is -2.88. The molecule has 3 N–H and O–H groups in total. The highest BCUT2D eigenvalue weighted by Crippen LogP contribution is 2.37. The number of likely N-dealkylation sites (tertiary alicyclic amines) is 1. The number of nitrogens with two attached hydrogens (primary N) is 1. The highest BCUT2D eigenvalue weighted by molar-refractivity contribution is 6.31. The number of carbonyl (C=O) groups is 2. The van der Waals surface area contributed by atoms with Gasteiger partial charge >= 0.3 is 6.03 Å². The first-order chi connectivity index (χ1) is 17.7. The maximum Gasteiger partial charge on any atom is 0.316 e. The zero-order chi connectivity index (χ0) is 26.4. The summed E-state index contributed by atoms with van der Waals surface area (Å²) in [6.07, 6.45) is 2.57. The smallest absolute Gasteiger partial charge is 0.316 e. The van der Waals surface area contributed by atoms with Gasteiger partial charge in [0.25, 0.3) is 5.91 Å². The normalized spacial score (nSPS) is 18.4. The first-order valence-electron chi connectivity index (χ1n) is 12.6. The predicted octanol–water partition coefficient (Wildman–Crippen LogP) is 3.45. The van der Waals surface area contributed by atoms with Crippen molar-refractivity contribution in [1.29, 1.82) is 0 Å². The van der Waals surface area contributed by atoms with Crippen LogP contribution >= 0.6 is 11.6 Å². The van der Waals surface area contributed by atoms with E-state index >= 15 is 0 Å². The van der Waals surface area contributed by atoms with E-state index in [0.29, 0.717) is 29.5 Å². The lowest BCUT2D eigenvalue weighted by Gasteiger charge is -2.46. The maximum absolute atomic E-state index is 13.5. The molecular formula is C27H35ClFN5O3. The van der Waals surface area contributed by atoms with Gasteiger partial charge in [-0.15, -0.1) is 0 Å². The molecule has 0 spiro atoms. The Kier molecular flexibility index (Phi) is 8.89. The van der Waals surface area contributed by atoms with E-state index in [4.69, 9.17) is 22.1 Å². The van der Waals surface area contributed by atoms with E-state index in [2.05, 4.69) is 22.2 Å². The molecular weight excluding hydrogens is 497 g/mol. The Morgan fingerprint density at radius 2 is 1.73 bits per heavy atom. The molecule has 2 aromatic carbocycles. The molecule has 0 bridgehead atoms. The second kappa shape index (κ2) is 12.1. The number of anilines is 1. The summed E-state index contributed by atoms with van der Waals surface area (Å²) >= 11 is 6.01. The number of urea groups is 1. The van der Waals surface area contributed by atoms with Crippen LogP contribution in [-0.4, -0.2) is 86.1 Å². The zero-order valence-electron chi connectivity index (χ0n) is 21.2. The van der Waals surface area contributed by atoms with Crippen LogP contribution in [0.25, 0.3) is 0 Å². The van der Waals surface area contributed by atoms with Crippen LogP contribution in [0, 0.1) is 11.2 Å². The van der Waals surface area contributed by atoms with E-state index in [-0.39, 0.29) is 23.7 Å². The summed E-state index contributed by atoms with van der Waals surface area (Å²) in [4.78, 5) is 31.0. The van der Waals surface area contributed by atoms with Crippen LogP contribution in [0.2, 0.25) is 5.02 Å². The van der Waals surface area contributed by atoms with Gasteiger partial charge in [-0.3, -0.25) is 4.79 Å². The molecule has 0 radical (unpaired) electrons. The third-order valence-corrected chi connectivity index (χ3v) is 7.61. The van der Waals surface area contributed by atoms with Gasteiger partial charge in [0.1, 0.15) is 11.6 Å². The van der Waals surface area contributed by atoms with E-state index in [0.717, 1.165) is 57.5 Å². The Bertz CT molecular complexity index is 1080. The number of likely N-dealkylation sites (N-methyl/N-ethyl adjacent to an activating group) is 1. The van der Waals surface area contributed by atoms with E-state index in [1.54, 1.807) is 12.1 Å². The molecule has 0 aromatic heterocycles. The van der Waals surface area contributed by atoms with Crippen molar-refractivity contribution in [3.05, 3.63) is 58.9 Å². The molecule has 2 fully saturated rings. The summed E-state index contributed by atoms with van der Waals surface area (Å²) in [7, 11) is 2.15. The molecule has 10 heteroatoms. The van der Waals surface area contributed by atoms with Crippen molar-refractivity contribution in [2.75, 3.05) is 64.8 Å². The van der Waals surface area contributed by atoms with Crippen molar-refractivity contribution >= 4 is 29.2 Å². The van der Waals surface area contributed by atoms with Crippen molar-refractivity contribution in [1.82, 2.24) is 14.7 Å². The summed E-state index contributed by atoms with van der Waals surface area (Å²) in [6, 6.07) is 10.8. The molecule has 0 aliphatic carbocycles. The Morgan fingerprint density at radius 1 is 1.05 bits per heavy atom. The minimum atomic E-state index is -0.743. The van der Waals surface area contributed by atoms with Gasteiger partial charge in [0.05, 0.1) is 5.69 Å². The van der Waals surface area contributed by atoms with Gasteiger partial charge in [-0.1, -0.05) is 23.7 Å². The van der Waals surface area contributed by atoms with E-state index in [9.17, 15) is 14.0 Å². The number of hydrogen-bond donors (Lipinski definition) is 2. The number of piperazine rings is 1. The molecule has 2 aliphatic heterocycles. The number of primary amides is 1. The highest BCUT2D eigenvalue weighted by Gasteiger charge is 2.38. The van der Waals surface area contributed by atoms with Crippen LogP contribution in [0.1, 0.15) is 18.4 Å². The quantitative estimate of drug-likeness (QED) is 0.544. The number of nitrogens with one attached hydrogen (secondary N) is 1. The molecule has 200 valence electrons. The largest absolute Gasteiger partial charge is 0.482 e.